The van der Waals surface area contributed by atoms with Crippen LogP contribution in [0.1, 0.15) is 65.7 Å². The molecule has 0 spiro atoms. The zero-order valence-electron chi connectivity index (χ0n) is 23.9. The van der Waals surface area contributed by atoms with Gasteiger partial charge in [-0.05, 0) is 57.4 Å². The molecule has 2 bridgehead atoms. The molecule has 4 rings (SSSR count). The molecule has 8 heteroatoms. The Labute approximate surface area is 237 Å². The van der Waals surface area contributed by atoms with Crippen molar-refractivity contribution in [1.82, 2.24) is 0 Å². The fourth-order valence-electron chi connectivity index (χ4n) is 5.75. The summed E-state index contributed by atoms with van der Waals surface area (Å²) >= 11 is 0. The minimum Gasteiger partial charge on any atom is -0.455 e. The molecule has 1 fully saturated rings. The summed E-state index contributed by atoms with van der Waals surface area (Å²) in [5, 5.41) is 10.9. The van der Waals surface area contributed by atoms with Crippen LogP contribution in [-0.2, 0) is 33.3 Å². The van der Waals surface area contributed by atoms with Crippen molar-refractivity contribution < 1.29 is 38.4 Å². The van der Waals surface area contributed by atoms with Gasteiger partial charge in [-0.3, -0.25) is 4.79 Å². The van der Waals surface area contributed by atoms with E-state index in [9.17, 15) is 14.7 Å². The third kappa shape index (κ3) is 9.54. The first kappa shape index (κ1) is 30.4. The van der Waals surface area contributed by atoms with Gasteiger partial charge in [0.25, 0.3) is 0 Å². The maximum Gasteiger partial charge on any atom is 0.330 e. The number of carbonyl (C=O) groups excluding carboxylic acids is 2. The maximum atomic E-state index is 12.9. The van der Waals surface area contributed by atoms with Gasteiger partial charge in [-0.1, -0.05) is 55.0 Å². The summed E-state index contributed by atoms with van der Waals surface area (Å²) < 4.78 is 29.3. The van der Waals surface area contributed by atoms with Crippen molar-refractivity contribution in [2.45, 2.75) is 115 Å². The molecular weight excluding hydrogens is 512 g/mol. The van der Waals surface area contributed by atoms with Crippen LogP contribution in [0.4, 0.5) is 0 Å². The van der Waals surface area contributed by atoms with E-state index in [2.05, 4.69) is 19.6 Å². The Balaban J connectivity index is 1.52. The fraction of sp³-hybridized carbons (Fsp3) is 0.625. The number of aliphatic hydroxyl groups is 1. The number of cyclic esters (lactones) is 1. The molecule has 0 amide bonds. The zero-order chi connectivity index (χ0) is 28.6. The predicted octanol–water partition coefficient (Wildman–Crippen LogP) is 4.68. The molecule has 1 N–H and O–H groups in total. The van der Waals surface area contributed by atoms with Gasteiger partial charge in [0.05, 0.1) is 37.1 Å². The summed E-state index contributed by atoms with van der Waals surface area (Å²) in [6.07, 6.45) is 14.2. The molecular formula is C32H44O8. The summed E-state index contributed by atoms with van der Waals surface area (Å²) in [5.74, 6) is -0.665. The lowest BCUT2D eigenvalue weighted by Crippen LogP contribution is -2.35. The Bertz CT molecular complexity index is 1030. The Morgan fingerprint density at radius 1 is 1.18 bits per heavy atom. The van der Waals surface area contributed by atoms with Crippen LogP contribution in [0.2, 0.25) is 0 Å². The Hall–Kier alpha value is -2.52. The molecule has 0 radical (unpaired) electrons. The molecule has 4 aliphatic rings. The van der Waals surface area contributed by atoms with Gasteiger partial charge in [0.15, 0.2) is 6.10 Å². The molecule has 9 atom stereocenters. The number of aliphatic hydroxyl groups excluding tert-OH is 1. The summed E-state index contributed by atoms with van der Waals surface area (Å²) in [6.45, 7) is 10.3. The normalized spacial score (nSPS) is 37.4. The van der Waals surface area contributed by atoms with Crippen LogP contribution in [-0.4, -0.2) is 72.5 Å². The van der Waals surface area contributed by atoms with Gasteiger partial charge < -0.3 is 28.8 Å². The molecule has 1 saturated heterocycles. The van der Waals surface area contributed by atoms with Crippen LogP contribution in [0.5, 0.6) is 0 Å². The van der Waals surface area contributed by atoms with E-state index in [0.29, 0.717) is 25.4 Å². The highest BCUT2D eigenvalue weighted by molar-refractivity contribution is 5.82. The van der Waals surface area contributed by atoms with Gasteiger partial charge in [-0.15, -0.1) is 0 Å². The SMILES string of the molecule is C=C1C[C@H](C)C[C@@H]2CC=C[C@@H](C/C=C\C(=O)O[C@H]([C@H](/C=C/[C@@H]3CC(C)=CCO3)OC(C)=O)C[C@H]3O[C@H]3[C@@H](O)C1)O2. The number of ether oxygens (including phenoxy) is 5. The van der Waals surface area contributed by atoms with Crippen LogP contribution < -0.4 is 0 Å². The van der Waals surface area contributed by atoms with E-state index >= 15 is 0 Å². The van der Waals surface area contributed by atoms with Crippen molar-refractivity contribution in [3.05, 3.63) is 60.3 Å². The van der Waals surface area contributed by atoms with Crippen molar-refractivity contribution in [3.63, 3.8) is 0 Å². The minimum atomic E-state index is -0.835. The summed E-state index contributed by atoms with van der Waals surface area (Å²) in [7, 11) is 0. The number of hydrogen-bond donors (Lipinski definition) is 1. The molecule has 4 aliphatic heterocycles. The number of esters is 2. The van der Waals surface area contributed by atoms with Gasteiger partial charge in [0, 0.05) is 19.4 Å². The van der Waals surface area contributed by atoms with E-state index in [1.807, 2.05) is 25.2 Å². The highest BCUT2D eigenvalue weighted by atomic mass is 16.6. The molecule has 0 aromatic rings. The molecule has 0 saturated carbocycles. The monoisotopic (exact) mass is 556 g/mol. The molecule has 0 aliphatic carbocycles. The van der Waals surface area contributed by atoms with E-state index in [4.69, 9.17) is 23.7 Å². The van der Waals surface area contributed by atoms with Crippen LogP contribution in [0, 0.1) is 5.92 Å². The van der Waals surface area contributed by atoms with Gasteiger partial charge in [0.1, 0.15) is 12.2 Å². The van der Waals surface area contributed by atoms with Crippen molar-refractivity contribution >= 4 is 11.9 Å². The Morgan fingerprint density at radius 3 is 2.77 bits per heavy atom. The van der Waals surface area contributed by atoms with E-state index < -0.39 is 36.4 Å². The van der Waals surface area contributed by atoms with Crippen LogP contribution in [0.25, 0.3) is 0 Å². The quantitative estimate of drug-likeness (QED) is 0.303. The second-order valence-corrected chi connectivity index (χ2v) is 11.6. The number of hydrogen-bond acceptors (Lipinski definition) is 8. The molecule has 0 aromatic heterocycles. The van der Waals surface area contributed by atoms with Crippen LogP contribution >= 0.6 is 0 Å². The first-order valence-corrected chi connectivity index (χ1v) is 14.5. The number of carbonyl (C=O) groups is 2. The zero-order valence-corrected chi connectivity index (χ0v) is 23.9. The average Bonchev–Trinajstić information content (AvgIpc) is 3.65. The lowest BCUT2D eigenvalue weighted by Gasteiger charge is -2.28. The minimum absolute atomic E-state index is 0.103. The third-order valence-electron chi connectivity index (χ3n) is 7.72. The van der Waals surface area contributed by atoms with E-state index in [0.717, 1.165) is 31.3 Å². The van der Waals surface area contributed by atoms with Gasteiger partial charge in [-0.2, -0.15) is 0 Å². The number of rotatable bonds is 4. The second kappa shape index (κ2) is 14.4. The fourth-order valence-corrected chi connectivity index (χ4v) is 5.75. The molecule has 0 unspecified atom stereocenters. The topological polar surface area (TPSA) is 104 Å². The average molecular weight is 557 g/mol. The Kier molecular flexibility index (Phi) is 11.0. The summed E-state index contributed by atoms with van der Waals surface area (Å²) in [5.41, 5.74) is 2.20. The van der Waals surface area contributed by atoms with Crippen LogP contribution in [0.15, 0.2) is 60.3 Å². The maximum absolute atomic E-state index is 12.9. The highest BCUT2D eigenvalue weighted by Gasteiger charge is 2.47. The first-order valence-electron chi connectivity index (χ1n) is 14.5. The molecule has 0 aromatic carbocycles. The third-order valence-corrected chi connectivity index (χ3v) is 7.72. The smallest absolute Gasteiger partial charge is 0.330 e. The summed E-state index contributed by atoms with van der Waals surface area (Å²) in [6, 6.07) is 0. The first-order chi connectivity index (χ1) is 19.2. The summed E-state index contributed by atoms with van der Waals surface area (Å²) in [4.78, 5) is 24.9. The standard InChI is InChI=1S/C32H44O8/c1-20-13-14-36-25(16-20)11-12-28(37-23(4)33)29-19-30-32(40-30)27(34)18-22(3)15-21(2)17-26-9-5-7-24(38-26)8-6-10-31(35)39-29/h5-7,10-13,21,24-30,32,34H,3,8-9,14-19H2,1-2,4H3/b10-6-,12-11+/t21-,24-,25+,26-,27-,28-,29-,30+,32-/m0/s1. The number of epoxide rings is 1. The molecule has 4 heterocycles. The lowest BCUT2D eigenvalue weighted by atomic mass is 9.91. The second-order valence-electron chi connectivity index (χ2n) is 11.6. The highest BCUT2D eigenvalue weighted by Crippen LogP contribution is 2.35. The van der Waals surface area contributed by atoms with E-state index in [1.54, 1.807) is 12.2 Å². The van der Waals surface area contributed by atoms with Gasteiger partial charge in [-0.25, -0.2) is 4.79 Å². The predicted molar refractivity (Wildman–Crippen MR) is 150 cm³/mol. The van der Waals surface area contributed by atoms with Crippen molar-refractivity contribution in [1.29, 1.82) is 0 Å². The van der Waals surface area contributed by atoms with Crippen molar-refractivity contribution in [2.24, 2.45) is 5.92 Å². The molecule has 8 nitrogen and oxygen atoms in total. The van der Waals surface area contributed by atoms with E-state index in [1.165, 1.54) is 18.6 Å². The van der Waals surface area contributed by atoms with Gasteiger partial charge >= 0.3 is 11.9 Å². The van der Waals surface area contributed by atoms with Crippen molar-refractivity contribution in [3.8, 4) is 0 Å². The van der Waals surface area contributed by atoms with Crippen LogP contribution in [0.3, 0.4) is 0 Å². The number of fused-ring (bicyclic) bond motifs is 3. The largest absolute Gasteiger partial charge is 0.455 e. The molecule has 220 valence electrons. The lowest BCUT2D eigenvalue weighted by molar-refractivity contribution is -0.160. The van der Waals surface area contributed by atoms with E-state index in [-0.39, 0.29) is 30.8 Å². The van der Waals surface area contributed by atoms with Gasteiger partial charge in [0.2, 0.25) is 0 Å². The Morgan fingerprint density at radius 2 is 2.00 bits per heavy atom. The van der Waals surface area contributed by atoms with Crippen molar-refractivity contribution in [2.75, 3.05) is 6.61 Å². The molecule has 40 heavy (non-hydrogen) atoms.